The highest BCUT2D eigenvalue weighted by Crippen LogP contribution is 2.34. The molecule has 23 heavy (non-hydrogen) atoms. The molecule has 0 unspecified atom stereocenters. The lowest BCUT2D eigenvalue weighted by Crippen LogP contribution is -2.32. The smallest absolute Gasteiger partial charge is 0.240 e. The molecule has 3 rings (SSSR count). The molecule has 1 fully saturated rings. The first-order valence-electron chi connectivity index (χ1n) is 7.67. The second-order valence-electron chi connectivity index (χ2n) is 5.79. The van der Waals surface area contributed by atoms with Gasteiger partial charge in [-0.3, -0.25) is 15.0 Å². The van der Waals surface area contributed by atoms with Crippen LogP contribution in [0.4, 0.5) is 5.88 Å². The summed E-state index contributed by atoms with van der Waals surface area (Å²) >= 11 is 1.73. The Labute approximate surface area is 139 Å². The van der Waals surface area contributed by atoms with Gasteiger partial charge in [-0.25, -0.2) is 0 Å². The Bertz CT molecular complexity index is 743. The number of amides is 1. The molecular weight excluding hydrogens is 310 g/mol. The van der Waals surface area contributed by atoms with Crippen LogP contribution in [0.5, 0.6) is 0 Å². The molecule has 1 aliphatic rings. The van der Waals surface area contributed by atoms with Gasteiger partial charge in [0.15, 0.2) is 0 Å². The third-order valence-electron chi connectivity index (χ3n) is 4.33. The van der Waals surface area contributed by atoms with Gasteiger partial charge in [0.1, 0.15) is 17.4 Å². The molecule has 0 radical (unpaired) electrons. The lowest BCUT2D eigenvalue weighted by atomic mass is 10.2. The molecule has 1 atom stereocenters. The average Bonchev–Trinajstić information content (AvgIpc) is 3.21. The van der Waals surface area contributed by atoms with Crippen molar-refractivity contribution in [3.8, 4) is 6.07 Å². The molecule has 6 heteroatoms. The van der Waals surface area contributed by atoms with Gasteiger partial charge in [0, 0.05) is 16.5 Å². The second-order valence-corrected chi connectivity index (χ2v) is 6.77. The molecule has 2 aromatic heterocycles. The van der Waals surface area contributed by atoms with Crippen molar-refractivity contribution in [3.63, 3.8) is 0 Å². The Balaban J connectivity index is 1.68. The predicted molar refractivity (Wildman–Crippen MR) is 89.4 cm³/mol. The molecule has 1 aliphatic heterocycles. The van der Waals surface area contributed by atoms with E-state index in [4.69, 9.17) is 4.42 Å². The lowest BCUT2D eigenvalue weighted by Gasteiger charge is -2.22. The molecule has 0 aromatic carbocycles. The maximum atomic E-state index is 12.4. The topological polar surface area (TPSA) is 69.3 Å². The Morgan fingerprint density at radius 3 is 3.09 bits per heavy atom. The number of aryl methyl sites for hydroxylation is 1. The van der Waals surface area contributed by atoms with E-state index in [0.29, 0.717) is 23.9 Å². The Hall–Kier alpha value is -2.10. The van der Waals surface area contributed by atoms with Crippen LogP contribution in [0, 0.1) is 25.2 Å². The monoisotopic (exact) mass is 329 g/mol. The SMILES string of the molecule is Cc1oc(NC(=O)CN2CCC[C@H]2c2cccs2)c(C#N)c1C. The Morgan fingerprint density at radius 2 is 2.39 bits per heavy atom. The summed E-state index contributed by atoms with van der Waals surface area (Å²) in [5.41, 5.74) is 1.19. The quantitative estimate of drug-likeness (QED) is 0.930. The summed E-state index contributed by atoms with van der Waals surface area (Å²) in [7, 11) is 0. The number of carbonyl (C=O) groups is 1. The van der Waals surface area contributed by atoms with Gasteiger partial charge < -0.3 is 4.42 Å². The zero-order valence-corrected chi connectivity index (χ0v) is 14.1. The van der Waals surface area contributed by atoms with Crippen molar-refractivity contribution in [2.24, 2.45) is 0 Å². The minimum absolute atomic E-state index is 0.140. The van der Waals surface area contributed by atoms with E-state index in [0.717, 1.165) is 24.9 Å². The van der Waals surface area contributed by atoms with Crippen molar-refractivity contribution in [2.45, 2.75) is 32.7 Å². The third-order valence-corrected chi connectivity index (χ3v) is 5.31. The summed E-state index contributed by atoms with van der Waals surface area (Å²) in [4.78, 5) is 15.8. The summed E-state index contributed by atoms with van der Waals surface area (Å²) in [6.45, 7) is 4.84. The number of nitriles is 1. The highest BCUT2D eigenvalue weighted by molar-refractivity contribution is 7.10. The average molecular weight is 329 g/mol. The number of hydrogen-bond acceptors (Lipinski definition) is 5. The lowest BCUT2D eigenvalue weighted by molar-refractivity contribution is -0.117. The van der Waals surface area contributed by atoms with Gasteiger partial charge in [-0.2, -0.15) is 5.26 Å². The fourth-order valence-electron chi connectivity index (χ4n) is 3.02. The van der Waals surface area contributed by atoms with Crippen LogP contribution in [-0.2, 0) is 4.79 Å². The van der Waals surface area contributed by atoms with E-state index < -0.39 is 0 Å². The number of carbonyl (C=O) groups excluding carboxylic acids is 1. The summed E-state index contributed by atoms with van der Waals surface area (Å²) < 4.78 is 5.50. The molecular formula is C17H19N3O2S. The van der Waals surface area contributed by atoms with Crippen LogP contribution in [0.3, 0.4) is 0 Å². The summed E-state index contributed by atoms with van der Waals surface area (Å²) in [6, 6.07) is 6.58. The van der Waals surface area contributed by atoms with Crippen LogP contribution in [0.2, 0.25) is 0 Å². The predicted octanol–water partition coefficient (Wildman–Crippen LogP) is 3.61. The molecule has 0 spiro atoms. The molecule has 1 N–H and O–H groups in total. The second kappa shape index (κ2) is 6.57. The van der Waals surface area contributed by atoms with Gasteiger partial charge in [0.2, 0.25) is 11.8 Å². The summed E-state index contributed by atoms with van der Waals surface area (Å²) in [5, 5.41) is 14.0. The van der Waals surface area contributed by atoms with Crippen molar-refractivity contribution >= 4 is 23.1 Å². The van der Waals surface area contributed by atoms with E-state index in [1.807, 2.05) is 13.0 Å². The first-order valence-corrected chi connectivity index (χ1v) is 8.55. The number of thiophene rings is 1. The number of furan rings is 1. The summed E-state index contributed by atoms with van der Waals surface area (Å²) in [5.74, 6) is 0.785. The van der Waals surface area contributed by atoms with Crippen LogP contribution < -0.4 is 5.32 Å². The largest absolute Gasteiger partial charge is 0.444 e. The third kappa shape index (κ3) is 3.16. The van der Waals surface area contributed by atoms with E-state index in [1.165, 1.54) is 4.88 Å². The van der Waals surface area contributed by atoms with E-state index in [-0.39, 0.29) is 11.8 Å². The molecule has 1 amide bonds. The Kier molecular flexibility index (Phi) is 4.51. The molecule has 120 valence electrons. The molecule has 0 aliphatic carbocycles. The van der Waals surface area contributed by atoms with Crippen LogP contribution >= 0.6 is 11.3 Å². The number of likely N-dealkylation sites (tertiary alicyclic amines) is 1. The molecule has 3 heterocycles. The Morgan fingerprint density at radius 1 is 1.57 bits per heavy atom. The van der Waals surface area contributed by atoms with Gasteiger partial charge in [-0.05, 0) is 44.7 Å². The molecule has 0 bridgehead atoms. The standard InChI is InChI=1S/C17H19N3O2S/c1-11-12(2)22-17(13(11)9-18)19-16(21)10-20-7-3-5-14(20)15-6-4-8-23-15/h4,6,8,14H,3,5,7,10H2,1-2H3,(H,19,21)/t14-/m0/s1. The number of nitrogens with zero attached hydrogens (tertiary/aromatic N) is 2. The molecule has 1 saturated heterocycles. The van der Waals surface area contributed by atoms with E-state index >= 15 is 0 Å². The van der Waals surface area contributed by atoms with E-state index in [2.05, 4.69) is 27.7 Å². The normalized spacial score (nSPS) is 18.0. The maximum Gasteiger partial charge on any atom is 0.240 e. The molecule has 0 saturated carbocycles. The highest BCUT2D eigenvalue weighted by Gasteiger charge is 2.28. The molecule has 5 nitrogen and oxygen atoms in total. The minimum atomic E-state index is -0.140. The number of nitrogens with one attached hydrogen (secondary N) is 1. The van der Waals surface area contributed by atoms with Crippen molar-refractivity contribution < 1.29 is 9.21 Å². The highest BCUT2D eigenvalue weighted by atomic mass is 32.1. The van der Waals surface area contributed by atoms with Crippen molar-refractivity contribution in [3.05, 3.63) is 39.3 Å². The van der Waals surface area contributed by atoms with Crippen molar-refractivity contribution in [1.82, 2.24) is 4.90 Å². The van der Waals surface area contributed by atoms with E-state index in [1.54, 1.807) is 18.3 Å². The van der Waals surface area contributed by atoms with Gasteiger partial charge in [0.25, 0.3) is 0 Å². The van der Waals surface area contributed by atoms with Crippen LogP contribution in [0.25, 0.3) is 0 Å². The van der Waals surface area contributed by atoms with Gasteiger partial charge in [0.05, 0.1) is 6.54 Å². The van der Waals surface area contributed by atoms with E-state index in [9.17, 15) is 10.1 Å². The van der Waals surface area contributed by atoms with Gasteiger partial charge >= 0.3 is 0 Å². The van der Waals surface area contributed by atoms with Crippen molar-refractivity contribution in [2.75, 3.05) is 18.4 Å². The van der Waals surface area contributed by atoms with Gasteiger partial charge in [-0.15, -0.1) is 11.3 Å². The van der Waals surface area contributed by atoms with Crippen LogP contribution in [0.1, 0.15) is 40.6 Å². The first-order chi connectivity index (χ1) is 11.1. The minimum Gasteiger partial charge on any atom is -0.444 e. The van der Waals surface area contributed by atoms with Crippen molar-refractivity contribution in [1.29, 1.82) is 5.26 Å². The maximum absolute atomic E-state index is 12.4. The number of anilines is 1. The number of rotatable bonds is 4. The fourth-order valence-corrected chi connectivity index (χ4v) is 3.91. The summed E-state index contributed by atoms with van der Waals surface area (Å²) in [6.07, 6.45) is 2.18. The zero-order valence-electron chi connectivity index (χ0n) is 13.3. The van der Waals surface area contributed by atoms with Crippen LogP contribution in [0.15, 0.2) is 21.9 Å². The van der Waals surface area contributed by atoms with Crippen LogP contribution in [-0.4, -0.2) is 23.9 Å². The molecule has 2 aromatic rings. The fraction of sp³-hybridized carbons (Fsp3) is 0.412. The number of hydrogen-bond donors (Lipinski definition) is 1. The first kappa shape index (κ1) is 15.8. The van der Waals surface area contributed by atoms with Gasteiger partial charge in [-0.1, -0.05) is 6.07 Å². The zero-order chi connectivity index (χ0) is 16.4.